The fourth-order valence-corrected chi connectivity index (χ4v) is 2.83. The molecule has 0 spiro atoms. The molecular formula is C24H44O. The summed E-state index contributed by atoms with van der Waals surface area (Å²) < 4.78 is 0. The molecular weight excluding hydrogens is 304 g/mol. The first-order valence-electron chi connectivity index (χ1n) is 11.0. The molecule has 146 valence electrons. The van der Waals surface area contributed by atoms with Gasteiger partial charge in [0, 0.05) is 0 Å². The van der Waals surface area contributed by atoms with E-state index in [0.717, 1.165) is 19.3 Å². The maximum atomic E-state index is 10.0. The highest BCUT2D eigenvalue weighted by Gasteiger charge is 2.02. The highest BCUT2D eigenvalue weighted by Crippen LogP contribution is 2.12. The number of unbranched alkanes of at least 4 members (excludes halogenated alkanes) is 9. The van der Waals surface area contributed by atoms with Crippen molar-refractivity contribution >= 4 is 0 Å². The lowest BCUT2D eigenvalue weighted by molar-refractivity contribution is 0.152. The molecule has 1 N–H and O–H groups in total. The van der Waals surface area contributed by atoms with Crippen LogP contribution in [0.4, 0.5) is 0 Å². The summed E-state index contributed by atoms with van der Waals surface area (Å²) in [6.45, 7) is 4.46. The lowest BCUT2D eigenvalue weighted by atomic mass is 10.0. The molecule has 0 radical (unpaired) electrons. The summed E-state index contributed by atoms with van der Waals surface area (Å²) in [4.78, 5) is 0. The minimum Gasteiger partial charge on any atom is -0.393 e. The highest BCUT2D eigenvalue weighted by atomic mass is 16.3. The normalized spacial score (nSPS) is 13.6. The molecule has 0 aromatic rings. The van der Waals surface area contributed by atoms with Crippen molar-refractivity contribution in [2.24, 2.45) is 0 Å². The van der Waals surface area contributed by atoms with Gasteiger partial charge in [0.15, 0.2) is 0 Å². The molecule has 0 aliphatic rings. The minimum absolute atomic E-state index is 0.116. The summed E-state index contributed by atoms with van der Waals surface area (Å²) in [5.74, 6) is 0. The van der Waals surface area contributed by atoms with E-state index in [1.807, 2.05) is 0 Å². The SMILES string of the molecule is CCCC/C=C/C=C/CCC(O)CCCCCCC/C=C/CCCC. The molecule has 0 bridgehead atoms. The lowest BCUT2D eigenvalue weighted by Gasteiger charge is -2.08. The quantitative estimate of drug-likeness (QED) is 0.151. The van der Waals surface area contributed by atoms with Crippen LogP contribution in [0.15, 0.2) is 36.5 Å². The Labute approximate surface area is 158 Å². The molecule has 25 heavy (non-hydrogen) atoms. The smallest absolute Gasteiger partial charge is 0.0543 e. The average molecular weight is 349 g/mol. The van der Waals surface area contributed by atoms with Crippen molar-refractivity contribution in [2.45, 2.75) is 116 Å². The maximum absolute atomic E-state index is 10.0. The second-order valence-corrected chi connectivity index (χ2v) is 7.19. The first-order valence-corrected chi connectivity index (χ1v) is 11.0. The van der Waals surface area contributed by atoms with Crippen molar-refractivity contribution in [3.05, 3.63) is 36.5 Å². The van der Waals surface area contributed by atoms with Crippen LogP contribution in [-0.2, 0) is 0 Å². The van der Waals surface area contributed by atoms with E-state index >= 15 is 0 Å². The molecule has 1 nitrogen and oxygen atoms in total. The van der Waals surface area contributed by atoms with E-state index in [1.54, 1.807) is 0 Å². The van der Waals surface area contributed by atoms with Crippen LogP contribution in [0.2, 0.25) is 0 Å². The van der Waals surface area contributed by atoms with Crippen molar-refractivity contribution in [1.29, 1.82) is 0 Å². The van der Waals surface area contributed by atoms with Crippen LogP contribution in [0.1, 0.15) is 110 Å². The Morgan fingerprint density at radius 1 is 0.560 bits per heavy atom. The van der Waals surface area contributed by atoms with Crippen LogP contribution < -0.4 is 0 Å². The summed E-state index contributed by atoms with van der Waals surface area (Å²) in [5.41, 5.74) is 0. The van der Waals surface area contributed by atoms with Crippen molar-refractivity contribution in [2.75, 3.05) is 0 Å². The molecule has 0 aliphatic heterocycles. The number of hydrogen-bond acceptors (Lipinski definition) is 1. The minimum atomic E-state index is -0.116. The number of aliphatic hydroxyl groups excluding tert-OH is 1. The van der Waals surface area contributed by atoms with Crippen molar-refractivity contribution in [3.8, 4) is 0 Å². The van der Waals surface area contributed by atoms with Gasteiger partial charge in [0.25, 0.3) is 0 Å². The van der Waals surface area contributed by atoms with Gasteiger partial charge in [-0.2, -0.15) is 0 Å². The molecule has 0 rings (SSSR count). The van der Waals surface area contributed by atoms with E-state index in [2.05, 4.69) is 50.3 Å². The Bertz CT molecular complexity index is 327. The van der Waals surface area contributed by atoms with Gasteiger partial charge in [-0.05, 0) is 44.9 Å². The van der Waals surface area contributed by atoms with Crippen LogP contribution in [0.25, 0.3) is 0 Å². The summed E-state index contributed by atoms with van der Waals surface area (Å²) in [5, 5.41) is 10.0. The van der Waals surface area contributed by atoms with E-state index < -0.39 is 0 Å². The van der Waals surface area contributed by atoms with E-state index in [0.29, 0.717) is 0 Å². The molecule has 0 aliphatic carbocycles. The Morgan fingerprint density at radius 2 is 1.08 bits per heavy atom. The molecule has 0 fully saturated rings. The zero-order chi connectivity index (χ0) is 18.4. The van der Waals surface area contributed by atoms with Gasteiger partial charge in [0.1, 0.15) is 0 Å². The lowest BCUT2D eigenvalue weighted by Crippen LogP contribution is -2.05. The second-order valence-electron chi connectivity index (χ2n) is 7.19. The van der Waals surface area contributed by atoms with Gasteiger partial charge in [0.05, 0.1) is 6.10 Å². The molecule has 0 saturated carbocycles. The Morgan fingerprint density at radius 3 is 1.76 bits per heavy atom. The molecule has 0 aromatic carbocycles. The average Bonchev–Trinajstić information content (AvgIpc) is 2.62. The fourth-order valence-electron chi connectivity index (χ4n) is 2.83. The van der Waals surface area contributed by atoms with E-state index in [4.69, 9.17) is 0 Å². The van der Waals surface area contributed by atoms with Crippen LogP contribution in [0, 0.1) is 0 Å². The van der Waals surface area contributed by atoms with Gasteiger partial charge < -0.3 is 5.11 Å². The Kier molecular flexibility index (Phi) is 20.5. The van der Waals surface area contributed by atoms with Gasteiger partial charge in [-0.3, -0.25) is 0 Å². The summed E-state index contributed by atoms with van der Waals surface area (Å²) >= 11 is 0. The van der Waals surface area contributed by atoms with Gasteiger partial charge in [-0.25, -0.2) is 0 Å². The number of allylic oxidation sites excluding steroid dienone is 6. The molecule has 1 atom stereocenters. The van der Waals surface area contributed by atoms with E-state index in [-0.39, 0.29) is 6.10 Å². The molecule has 1 unspecified atom stereocenters. The number of aliphatic hydroxyl groups is 1. The predicted octanol–water partition coefficient (Wildman–Crippen LogP) is 7.91. The second kappa shape index (κ2) is 21.2. The van der Waals surface area contributed by atoms with Crippen LogP contribution >= 0.6 is 0 Å². The predicted molar refractivity (Wildman–Crippen MR) is 114 cm³/mol. The van der Waals surface area contributed by atoms with Crippen LogP contribution in [0.3, 0.4) is 0 Å². The van der Waals surface area contributed by atoms with Crippen molar-refractivity contribution in [1.82, 2.24) is 0 Å². The van der Waals surface area contributed by atoms with Crippen LogP contribution in [0.5, 0.6) is 0 Å². The zero-order valence-corrected chi connectivity index (χ0v) is 17.1. The molecule has 0 amide bonds. The highest BCUT2D eigenvalue weighted by molar-refractivity contribution is 5.02. The van der Waals surface area contributed by atoms with Gasteiger partial charge in [-0.1, -0.05) is 102 Å². The maximum Gasteiger partial charge on any atom is 0.0543 e. The van der Waals surface area contributed by atoms with E-state index in [1.165, 1.54) is 77.0 Å². The first-order chi connectivity index (χ1) is 12.3. The fraction of sp³-hybridized carbons (Fsp3) is 0.750. The monoisotopic (exact) mass is 348 g/mol. The summed E-state index contributed by atoms with van der Waals surface area (Å²) in [6, 6.07) is 0. The number of hydrogen-bond donors (Lipinski definition) is 1. The van der Waals surface area contributed by atoms with Crippen molar-refractivity contribution in [3.63, 3.8) is 0 Å². The number of rotatable bonds is 18. The summed E-state index contributed by atoms with van der Waals surface area (Å²) in [7, 11) is 0. The summed E-state index contributed by atoms with van der Waals surface area (Å²) in [6.07, 6.45) is 31.4. The topological polar surface area (TPSA) is 20.2 Å². The Balaban J connectivity index is 3.32. The van der Waals surface area contributed by atoms with E-state index in [9.17, 15) is 5.11 Å². The third-order valence-electron chi connectivity index (χ3n) is 4.57. The third kappa shape index (κ3) is 21.1. The molecule has 0 aromatic heterocycles. The standard InChI is InChI=1S/C24H44O/c1-3-5-7-9-11-13-14-15-17-19-21-23-24(25)22-20-18-16-12-10-8-6-4-2/h9-12,16,18,24-25H,3-8,13-15,17,19-23H2,1-2H3/b11-9+,12-10+,18-16+. The van der Waals surface area contributed by atoms with Gasteiger partial charge in [-0.15, -0.1) is 0 Å². The molecule has 0 heterocycles. The molecule has 0 saturated heterocycles. The van der Waals surface area contributed by atoms with Gasteiger partial charge >= 0.3 is 0 Å². The van der Waals surface area contributed by atoms with Gasteiger partial charge in [0.2, 0.25) is 0 Å². The third-order valence-corrected chi connectivity index (χ3v) is 4.57. The largest absolute Gasteiger partial charge is 0.393 e. The Hall–Kier alpha value is -0.820. The zero-order valence-electron chi connectivity index (χ0n) is 17.1. The first kappa shape index (κ1) is 24.2. The van der Waals surface area contributed by atoms with Crippen LogP contribution in [-0.4, -0.2) is 11.2 Å². The van der Waals surface area contributed by atoms with Crippen molar-refractivity contribution < 1.29 is 5.11 Å². The molecule has 1 heteroatoms.